The fourth-order valence-corrected chi connectivity index (χ4v) is 2.66. The molecule has 1 aromatic carbocycles. The van der Waals surface area contributed by atoms with Gasteiger partial charge in [-0.3, -0.25) is 4.79 Å². The van der Waals surface area contributed by atoms with Crippen LogP contribution < -0.4 is 10.6 Å². The summed E-state index contributed by atoms with van der Waals surface area (Å²) in [5, 5.41) is 14.9. The lowest BCUT2D eigenvalue weighted by molar-refractivity contribution is -0.123. The summed E-state index contributed by atoms with van der Waals surface area (Å²) in [7, 11) is 1.69. The van der Waals surface area contributed by atoms with Gasteiger partial charge in [0.15, 0.2) is 6.10 Å². The summed E-state index contributed by atoms with van der Waals surface area (Å²) >= 11 is 1.16. The molecule has 124 valence electrons. The van der Waals surface area contributed by atoms with Gasteiger partial charge in [0, 0.05) is 12.7 Å². The van der Waals surface area contributed by atoms with E-state index in [0.29, 0.717) is 27.5 Å². The van der Waals surface area contributed by atoms with Crippen LogP contribution in [0.5, 0.6) is 0 Å². The first-order valence-corrected chi connectivity index (χ1v) is 7.89. The van der Waals surface area contributed by atoms with Crippen molar-refractivity contribution in [1.29, 1.82) is 5.26 Å². The number of hydrogen-bond donors (Lipinski definition) is 2. The van der Waals surface area contributed by atoms with Crippen LogP contribution in [0.15, 0.2) is 24.3 Å². The second-order valence-corrected chi connectivity index (χ2v) is 5.72. The van der Waals surface area contributed by atoms with Crippen molar-refractivity contribution >= 4 is 34.1 Å². The molecule has 1 aromatic heterocycles. The minimum Gasteiger partial charge on any atom is -0.449 e. The highest BCUT2D eigenvalue weighted by atomic mass is 32.1. The average Bonchev–Trinajstić information content (AvgIpc) is 2.96. The number of hydrogen-bond acceptors (Lipinski definition) is 7. The van der Waals surface area contributed by atoms with Gasteiger partial charge in [-0.25, -0.2) is 4.79 Å². The number of rotatable bonds is 5. The second kappa shape index (κ2) is 7.57. The Labute approximate surface area is 143 Å². The van der Waals surface area contributed by atoms with Crippen LogP contribution in [0.25, 0.3) is 0 Å². The van der Waals surface area contributed by atoms with Crippen molar-refractivity contribution in [3.05, 3.63) is 41.1 Å². The van der Waals surface area contributed by atoms with Gasteiger partial charge < -0.3 is 15.4 Å². The standard InChI is InChI=1S/C16H16N4O3S/c1-9-13(15(18-3)24-20-9)16(22)23-10(2)14(21)19-12-6-4-11(8-17)5-7-12/h4-7,10,18H,1-3H3,(H,19,21). The maximum atomic E-state index is 12.2. The third-order valence-corrected chi connectivity index (χ3v) is 4.18. The molecule has 0 fully saturated rings. The van der Waals surface area contributed by atoms with Crippen LogP contribution >= 0.6 is 11.5 Å². The zero-order valence-electron chi connectivity index (χ0n) is 13.4. The maximum absolute atomic E-state index is 12.2. The van der Waals surface area contributed by atoms with Crippen molar-refractivity contribution in [1.82, 2.24) is 4.37 Å². The Balaban J connectivity index is 2.01. The van der Waals surface area contributed by atoms with Gasteiger partial charge >= 0.3 is 5.97 Å². The minimum absolute atomic E-state index is 0.334. The van der Waals surface area contributed by atoms with E-state index in [-0.39, 0.29) is 0 Å². The second-order valence-electron chi connectivity index (χ2n) is 4.95. The Morgan fingerprint density at radius 2 is 2.00 bits per heavy atom. The normalized spacial score (nSPS) is 11.2. The van der Waals surface area contributed by atoms with Gasteiger partial charge in [-0.05, 0) is 49.6 Å². The Hall–Kier alpha value is -2.92. The van der Waals surface area contributed by atoms with Crippen molar-refractivity contribution in [2.24, 2.45) is 0 Å². The fourth-order valence-electron chi connectivity index (χ4n) is 1.93. The van der Waals surface area contributed by atoms with E-state index < -0.39 is 18.0 Å². The van der Waals surface area contributed by atoms with E-state index in [2.05, 4.69) is 15.0 Å². The third kappa shape index (κ3) is 3.88. The van der Waals surface area contributed by atoms with Crippen molar-refractivity contribution in [2.45, 2.75) is 20.0 Å². The first-order valence-electron chi connectivity index (χ1n) is 7.12. The van der Waals surface area contributed by atoms with Gasteiger partial charge in [0.1, 0.15) is 10.6 Å². The number of nitrogens with one attached hydrogen (secondary N) is 2. The molecule has 1 amide bonds. The highest BCUT2D eigenvalue weighted by Crippen LogP contribution is 2.25. The van der Waals surface area contributed by atoms with Gasteiger partial charge in [-0.15, -0.1) is 0 Å². The number of benzene rings is 1. The molecule has 0 aliphatic heterocycles. The van der Waals surface area contributed by atoms with Crippen LogP contribution in [0.1, 0.15) is 28.5 Å². The lowest BCUT2D eigenvalue weighted by Gasteiger charge is -2.14. The molecular formula is C16H16N4O3S. The van der Waals surface area contributed by atoms with Crippen molar-refractivity contribution in [2.75, 3.05) is 17.7 Å². The van der Waals surface area contributed by atoms with Crippen LogP contribution in [-0.2, 0) is 9.53 Å². The Bertz CT molecular complexity index is 793. The molecule has 7 nitrogen and oxygen atoms in total. The van der Waals surface area contributed by atoms with E-state index >= 15 is 0 Å². The Kier molecular flexibility index (Phi) is 5.50. The zero-order valence-corrected chi connectivity index (χ0v) is 14.2. The molecule has 2 N–H and O–H groups in total. The number of aromatic nitrogens is 1. The fraction of sp³-hybridized carbons (Fsp3) is 0.250. The van der Waals surface area contributed by atoms with Crippen molar-refractivity contribution in [3.63, 3.8) is 0 Å². The van der Waals surface area contributed by atoms with Crippen LogP contribution in [0.2, 0.25) is 0 Å². The van der Waals surface area contributed by atoms with E-state index in [4.69, 9.17) is 10.00 Å². The average molecular weight is 344 g/mol. The Morgan fingerprint density at radius 3 is 2.58 bits per heavy atom. The van der Waals surface area contributed by atoms with Crippen LogP contribution in [0, 0.1) is 18.3 Å². The molecule has 2 aromatic rings. The molecule has 8 heteroatoms. The smallest absolute Gasteiger partial charge is 0.343 e. The van der Waals surface area contributed by atoms with Crippen molar-refractivity contribution < 1.29 is 14.3 Å². The van der Waals surface area contributed by atoms with Gasteiger partial charge in [0.2, 0.25) is 0 Å². The van der Waals surface area contributed by atoms with Crippen LogP contribution in [0.4, 0.5) is 10.7 Å². The number of aryl methyl sites for hydroxylation is 1. The maximum Gasteiger partial charge on any atom is 0.343 e. The number of carbonyl (C=O) groups excluding carboxylic acids is 2. The minimum atomic E-state index is -0.975. The van der Waals surface area contributed by atoms with E-state index in [1.54, 1.807) is 38.2 Å². The molecule has 1 atom stereocenters. The van der Waals surface area contributed by atoms with E-state index in [1.165, 1.54) is 6.92 Å². The first-order chi connectivity index (χ1) is 11.5. The highest BCUT2D eigenvalue weighted by Gasteiger charge is 2.24. The monoisotopic (exact) mass is 344 g/mol. The summed E-state index contributed by atoms with van der Waals surface area (Å²) in [4.78, 5) is 24.4. The number of nitrogens with zero attached hydrogens (tertiary/aromatic N) is 2. The van der Waals surface area contributed by atoms with Crippen LogP contribution in [-0.4, -0.2) is 29.4 Å². The summed E-state index contributed by atoms with van der Waals surface area (Å²) in [6, 6.07) is 8.39. The summed E-state index contributed by atoms with van der Waals surface area (Å²) in [6.45, 7) is 3.19. The van der Waals surface area contributed by atoms with E-state index in [9.17, 15) is 9.59 Å². The number of ether oxygens (including phenoxy) is 1. The third-order valence-electron chi connectivity index (χ3n) is 3.23. The number of anilines is 2. The van der Waals surface area contributed by atoms with Crippen molar-refractivity contribution in [3.8, 4) is 6.07 Å². The number of carbonyl (C=O) groups is 2. The molecule has 0 saturated heterocycles. The summed E-state index contributed by atoms with van der Waals surface area (Å²) in [6.07, 6.45) is -0.975. The molecule has 0 bridgehead atoms. The molecular weight excluding hydrogens is 328 g/mol. The molecule has 0 radical (unpaired) electrons. The topological polar surface area (TPSA) is 104 Å². The lowest BCUT2D eigenvalue weighted by atomic mass is 10.2. The highest BCUT2D eigenvalue weighted by molar-refractivity contribution is 7.10. The first kappa shape index (κ1) is 17.4. The number of amides is 1. The SMILES string of the molecule is CNc1snc(C)c1C(=O)OC(C)C(=O)Nc1ccc(C#N)cc1. The number of esters is 1. The van der Waals surface area contributed by atoms with Gasteiger partial charge in [0.05, 0.1) is 17.3 Å². The lowest BCUT2D eigenvalue weighted by Crippen LogP contribution is -2.30. The predicted octanol–water partition coefficient (Wildman–Crippen LogP) is 2.55. The molecule has 2 rings (SSSR count). The number of nitriles is 1. The molecule has 0 spiro atoms. The quantitative estimate of drug-likeness (QED) is 0.808. The molecule has 0 aliphatic carbocycles. The zero-order chi connectivity index (χ0) is 17.7. The van der Waals surface area contributed by atoms with E-state index in [1.807, 2.05) is 6.07 Å². The van der Waals surface area contributed by atoms with Crippen LogP contribution in [0.3, 0.4) is 0 Å². The largest absolute Gasteiger partial charge is 0.449 e. The Morgan fingerprint density at radius 1 is 1.33 bits per heavy atom. The summed E-state index contributed by atoms with van der Waals surface area (Å²) < 4.78 is 9.32. The molecule has 1 heterocycles. The summed E-state index contributed by atoms with van der Waals surface area (Å²) in [5.41, 5.74) is 1.90. The van der Waals surface area contributed by atoms with Gasteiger partial charge in [-0.2, -0.15) is 9.64 Å². The predicted molar refractivity (Wildman–Crippen MR) is 91.1 cm³/mol. The van der Waals surface area contributed by atoms with Gasteiger partial charge in [0.25, 0.3) is 5.91 Å². The molecule has 1 unspecified atom stereocenters. The summed E-state index contributed by atoms with van der Waals surface area (Å²) in [5.74, 6) is -1.06. The molecule has 24 heavy (non-hydrogen) atoms. The molecule has 0 saturated carbocycles. The van der Waals surface area contributed by atoms with Gasteiger partial charge in [-0.1, -0.05) is 0 Å². The van der Waals surface area contributed by atoms with E-state index in [0.717, 1.165) is 11.5 Å². The molecule has 0 aliphatic rings.